The number of thiazole rings is 1. The smallest absolute Gasteiger partial charge is 0.234 e. The molecule has 1 amide bonds. The Hall–Kier alpha value is -1.47. The van der Waals surface area contributed by atoms with Crippen LogP contribution in [0.5, 0.6) is 0 Å². The summed E-state index contributed by atoms with van der Waals surface area (Å²) in [6.45, 7) is 12.0. The molecule has 0 aliphatic carbocycles. The average Bonchev–Trinajstić information content (AvgIpc) is 3.32. The van der Waals surface area contributed by atoms with Crippen molar-refractivity contribution < 1.29 is 4.79 Å². The van der Waals surface area contributed by atoms with Gasteiger partial charge in [0.1, 0.15) is 0 Å². The minimum absolute atomic E-state index is 0. The number of fused-ring (bicyclic) bond motifs is 1. The summed E-state index contributed by atoms with van der Waals surface area (Å²) in [5, 5.41) is 2.84. The van der Waals surface area contributed by atoms with Crippen LogP contribution in [0, 0.1) is 13.8 Å². The molecule has 1 aromatic carbocycles. The fourth-order valence-corrected chi connectivity index (χ4v) is 4.98. The first kappa shape index (κ1) is 22.8. The molecule has 0 aliphatic heterocycles. The van der Waals surface area contributed by atoms with E-state index >= 15 is 0 Å². The van der Waals surface area contributed by atoms with Gasteiger partial charge in [0.05, 0.1) is 16.6 Å². The van der Waals surface area contributed by atoms with Gasteiger partial charge in [0, 0.05) is 18.0 Å². The number of amides is 1. The fraction of sp³-hybridized carbons (Fsp3) is 0.429. The second-order valence-electron chi connectivity index (χ2n) is 6.70. The van der Waals surface area contributed by atoms with Crippen molar-refractivity contribution in [3.63, 3.8) is 0 Å². The lowest BCUT2D eigenvalue weighted by molar-refractivity contribution is -0.118. The Balaban J connectivity index is 0.00000280. The Kier molecular flexibility index (Phi) is 8.43. The molecule has 28 heavy (non-hydrogen) atoms. The molecule has 152 valence electrons. The zero-order chi connectivity index (χ0) is 19.4. The van der Waals surface area contributed by atoms with E-state index in [4.69, 9.17) is 4.98 Å². The lowest BCUT2D eigenvalue weighted by Crippen LogP contribution is -2.39. The molecule has 0 saturated carbocycles. The van der Waals surface area contributed by atoms with Gasteiger partial charge in [-0.2, -0.15) is 0 Å². The molecule has 0 saturated heterocycles. The number of anilines is 1. The van der Waals surface area contributed by atoms with Gasteiger partial charge >= 0.3 is 0 Å². The summed E-state index contributed by atoms with van der Waals surface area (Å²) in [7, 11) is 0. The molecule has 0 atom stereocenters. The number of aryl methyl sites for hydroxylation is 2. The summed E-state index contributed by atoms with van der Waals surface area (Å²) >= 11 is 3.27. The third kappa shape index (κ3) is 5.11. The molecule has 0 fully saturated rings. The van der Waals surface area contributed by atoms with E-state index < -0.39 is 0 Å². The van der Waals surface area contributed by atoms with E-state index in [1.165, 1.54) is 10.3 Å². The Labute approximate surface area is 181 Å². The van der Waals surface area contributed by atoms with Crippen LogP contribution in [-0.4, -0.2) is 42.0 Å². The lowest BCUT2D eigenvalue weighted by atomic mass is 10.1. The van der Waals surface area contributed by atoms with Crippen LogP contribution in [0.4, 0.5) is 5.13 Å². The van der Waals surface area contributed by atoms with Crippen molar-refractivity contribution in [3.05, 3.63) is 45.6 Å². The molecule has 3 aromatic rings. The first-order chi connectivity index (χ1) is 13.0. The third-order valence-electron chi connectivity index (χ3n) is 4.90. The highest BCUT2D eigenvalue weighted by atomic mass is 35.5. The number of aromatic nitrogens is 1. The number of benzene rings is 1. The Morgan fingerprint density at radius 1 is 1.07 bits per heavy atom. The van der Waals surface area contributed by atoms with Crippen molar-refractivity contribution in [2.45, 2.75) is 34.1 Å². The van der Waals surface area contributed by atoms with Crippen molar-refractivity contribution in [3.8, 4) is 0 Å². The largest absolute Gasteiger partial charge is 0.302 e. The Bertz CT molecular complexity index is 865. The van der Waals surface area contributed by atoms with Crippen molar-refractivity contribution in [1.82, 2.24) is 9.88 Å². The Morgan fingerprint density at radius 2 is 1.79 bits per heavy atom. The molecule has 0 spiro atoms. The quantitative estimate of drug-likeness (QED) is 0.478. The normalized spacial score (nSPS) is 11.0. The van der Waals surface area contributed by atoms with Crippen LogP contribution in [0.25, 0.3) is 10.2 Å². The first-order valence-electron chi connectivity index (χ1n) is 9.45. The summed E-state index contributed by atoms with van der Waals surface area (Å²) < 4.78 is 1.18. The second-order valence-corrected chi connectivity index (χ2v) is 8.71. The predicted molar refractivity (Wildman–Crippen MR) is 125 cm³/mol. The number of halogens is 1. The van der Waals surface area contributed by atoms with E-state index in [0.29, 0.717) is 13.0 Å². The molecular formula is C21H28ClN3OS2. The fourth-order valence-electron chi connectivity index (χ4n) is 3.13. The monoisotopic (exact) mass is 437 g/mol. The van der Waals surface area contributed by atoms with Crippen LogP contribution in [0.15, 0.2) is 29.6 Å². The average molecular weight is 438 g/mol. The van der Waals surface area contributed by atoms with Crippen molar-refractivity contribution in [2.75, 3.05) is 31.1 Å². The number of hydrogen-bond donors (Lipinski definition) is 0. The molecule has 7 heteroatoms. The van der Waals surface area contributed by atoms with Gasteiger partial charge in [-0.1, -0.05) is 43.4 Å². The topological polar surface area (TPSA) is 36.4 Å². The maximum Gasteiger partial charge on any atom is 0.234 e. The van der Waals surface area contributed by atoms with E-state index in [0.717, 1.165) is 40.7 Å². The van der Waals surface area contributed by atoms with Crippen molar-refractivity contribution in [1.29, 1.82) is 0 Å². The SMILES string of the molecule is CCN(CC)CCN(C(=O)Cc1cccs1)c1nc2c(C)ccc(C)c2s1.Cl. The molecule has 2 heterocycles. The van der Waals surface area contributed by atoms with Crippen molar-refractivity contribution >= 4 is 56.3 Å². The van der Waals surface area contributed by atoms with E-state index in [-0.39, 0.29) is 18.3 Å². The zero-order valence-corrected chi connectivity index (χ0v) is 19.3. The van der Waals surface area contributed by atoms with Gasteiger partial charge in [0.25, 0.3) is 0 Å². The van der Waals surface area contributed by atoms with Gasteiger partial charge in [0.15, 0.2) is 5.13 Å². The van der Waals surface area contributed by atoms with Crippen LogP contribution in [-0.2, 0) is 11.2 Å². The van der Waals surface area contributed by atoms with E-state index in [2.05, 4.69) is 44.7 Å². The summed E-state index contributed by atoms with van der Waals surface area (Å²) in [5.74, 6) is 0.124. The summed E-state index contributed by atoms with van der Waals surface area (Å²) in [6, 6.07) is 8.26. The number of likely N-dealkylation sites (N-methyl/N-ethyl adjacent to an activating group) is 1. The first-order valence-corrected chi connectivity index (χ1v) is 11.1. The number of thiophene rings is 1. The maximum atomic E-state index is 13.1. The standard InChI is InChI=1S/C21H27N3OS2.ClH/c1-5-23(6-2)11-12-24(18(25)14-17-8-7-13-26-17)21-22-19-15(3)9-10-16(4)20(19)27-21;/h7-10,13H,5-6,11-12,14H2,1-4H3;1H. The molecule has 0 bridgehead atoms. The van der Waals surface area contributed by atoms with E-state index in [9.17, 15) is 4.79 Å². The maximum absolute atomic E-state index is 13.1. The van der Waals surface area contributed by atoms with E-state index in [1.807, 2.05) is 22.4 Å². The van der Waals surface area contributed by atoms with Crippen LogP contribution < -0.4 is 4.90 Å². The number of carbonyl (C=O) groups is 1. The van der Waals surface area contributed by atoms with Gasteiger partial charge in [-0.3, -0.25) is 9.69 Å². The van der Waals surface area contributed by atoms with Gasteiger partial charge in [0.2, 0.25) is 5.91 Å². The predicted octanol–water partition coefficient (Wildman–Crippen LogP) is 5.31. The van der Waals surface area contributed by atoms with Gasteiger partial charge in [-0.25, -0.2) is 4.98 Å². The van der Waals surface area contributed by atoms with Gasteiger partial charge < -0.3 is 4.90 Å². The molecule has 0 unspecified atom stereocenters. The van der Waals surface area contributed by atoms with Gasteiger partial charge in [-0.05, 0) is 49.5 Å². The highest BCUT2D eigenvalue weighted by molar-refractivity contribution is 7.22. The minimum Gasteiger partial charge on any atom is -0.302 e. The number of hydrogen-bond acceptors (Lipinski definition) is 5. The molecule has 2 aromatic heterocycles. The highest BCUT2D eigenvalue weighted by Gasteiger charge is 2.22. The molecule has 0 aliphatic rings. The molecule has 3 rings (SSSR count). The summed E-state index contributed by atoms with van der Waals surface area (Å²) in [5.41, 5.74) is 3.40. The zero-order valence-electron chi connectivity index (χ0n) is 16.9. The Morgan fingerprint density at radius 3 is 2.39 bits per heavy atom. The van der Waals surface area contributed by atoms with Crippen LogP contribution in [0.3, 0.4) is 0 Å². The highest BCUT2D eigenvalue weighted by Crippen LogP contribution is 2.33. The summed E-state index contributed by atoms with van der Waals surface area (Å²) in [4.78, 5) is 23.3. The molecule has 0 N–H and O–H groups in total. The molecular weight excluding hydrogens is 410 g/mol. The lowest BCUT2D eigenvalue weighted by Gasteiger charge is -2.24. The second kappa shape index (κ2) is 10.3. The summed E-state index contributed by atoms with van der Waals surface area (Å²) in [6.07, 6.45) is 0.434. The molecule has 0 radical (unpaired) electrons. The van der Waals surface area contributed by atoms with Crippen LogP contribution in [0.2, 0.25) is 0 Å². The number of nitrogens with zero attached hydrogens (tertiary/aromatic N) is 3. The van der Waals surface area contributed by atoms with E-state index in [1.54, 1.807) is 22.7 Å². The number of carbonyl (C=O) groups excluding carboxylic acids is 1. The number of rotatable bonds is 8. The molecule has 4 nitrogen and oxygen atoms in total. The third-order valence-corrected chi connectivity index (χ3v) is 6.99. The van der Waals surface area contributed by atoms with Crippen LogP contribution >= 0.6 is 35.1 Å². The van der Waals surface area contributed by atoms with Crippen LogP contribution in [0.1, 0.15) is 29.9 Å². The van der Waals surface area contributed by atoms with Crippen molar-refractivity contribution in [2.24, 2.45) is 0 Å². The minimum atomic E-state index is 0. The van der Waals surface area contributed by atoms with Gasteiger partial charge in [-0.15, -0.1) is 23.7 Å².